The monoisotopic (exact) mass is 367 g/mol. The van der Waals surface area contributed by atoms with Gasteiger partial charge in [0.25, 0.3) is 0 Å². The predicted molar refractivity (Wildman–Crippen MR) is 90.8 cm³/mol. The molecule has 26 heavy (non-hydrogen) atoms. The van der Waals surface area contributed by atoms with Gasteiger partial charge in [0.15, 0.2) is 0 Å². The van der Waals surface area contributed by atoms with E-state index in [1.54, 1.807) is 12.3 Å². The first kappa shape index (κ1) is 17.8. The van der Waals surface area contributed by atoms with Crippen molar-refractivity contribution in [1.29, 1.82) is 0 Å². The number of aromatic nitrogens is 3. The van der Waals surface area contributed by atoms with Crippen molar-refractivity contribution in [2.24, 2.45) is 0 Å². The van der Waals surface area contributed by atoms with Crippen molar-refractivity contribution < 1.29 is 22.5 Å². The zero-order chi connectivity index (χ0) is 18.9. The minimum Gasteiger partial charge on any atom is -0.403 e. The van der Waals surface area contributed by atoms with E-state index in [4.69, 9.17) is 9.31 Å². The highest BCUT2D eigenvalue weighted by atomic mass is 19.4. The Kier molecular flexibility index (Phi) is 3.73. The summed E-state index contributed by atoms with van der Waals surface area (Å²) in [6, 6.07) is 1.76. The summed E-state index contributed by atoms with van der Waals surface area (Å²) in [5.41, 5.74) is 0.989. The highest BCUT2D eigenvalue weighted by Gasteiger charge is 2.59. The molecule has 1 saturated carbocycles. The van der Waals surface area contributed by atoms with Gasteiger partial charge in [0.1, 0.15) is 12.1 Å². The van der Waals surface area contributed by atoms with Crippen molar-refractivity contribution in [3.05, 3.63) is 24.0 Å². The fourth-order valence-corrected chi connectivity index (χ4v) is 3.43. The molecule has 2 aromatic heterocycles. The smallest absolute Gasteiger partial charge is 0.403 e. The van der Waals surface area contributed by atoms with Crippen molar-refractivity contribution in [2.75, 3.05) is 0 Å². The van der Waals surface area contributed by atoms with Crippen LogP contribution in [0, 0.1) is 0 Å². The number of pyridine rings is 1. The van der Waals surface area contributed by atoms with Gasteiger partial charge in [0, 0.05) is 12.0 Å². The van der Waals surface area contributed by atoms with Gasteiger partial charge in [-0.2, -0.15) is 18.3 Å². The van der Waals surface area contributed by atoms with E-state index in [-0.39, 0.29) is 18.9 Å². The summed E-state index contributed by atoms with van der Waals surface area (Å²) in [6.45, 7) is 6.91. The lowest BCUT2D eigenvalue weighted by Crippen LogP contribution is -2.41. The molecule has 2 atom stereocenters. The van der Waals surface area contributed by atoms with Gasteiger partial charge in [0.2, 0.25) is 0 Å². The van der Waals surface area contributed by atoms with Gasteiger partial charge in [0.05, 0.1) is 22.9 Å². The summed E-state index contributed by atoms with van der Waals surface area (Å²) in [6.07, 6.45) is -0.363. The van der Waals surface area contributed by atoms with Crippen molar-refractivity contribution in [2.45, 2.75) is 69.8 Å². The lowest BCUT2D eigenvalue weighted by atomic mass is 9.80. The fraction of sp³-hybridized carbons (Fsp3) is 0.647. The topological polar surface area (TPSA) is 49.2 Å². The molecule has 5 nitrogen and oxygen atoms in total. The molecule has 2 fully saturated rings. The van der Waals surface area contributed by atoms with Gasteiger partial charge in [-0.3, -0.25) is 9.67 Å². The Morgan fingerprint density at radius 3 is 2.46 bits per heavy atom. The Hall–Kier alpha value is -1.61. The molecular weight excluding hydrogens is 346 g/mol. The average molecular weight is 367 g/mol. The number of nitrogens with zero attached hydrogens (tertiary/aromatic N) is 3. The molecule has 2 aliphatic rings. The molecule has 0 bridgehead atoms. The lowest BCUT2D eigenvalue weighted by Gasteiger charge is -2.32. The third-order valence-corrected chi connectivity index (χ3v) is 5.73. The molecule has 1 saturated heterocycles. The maximum atomic E-state index is 12.7. The van der Waals surface area contributed by atoms with Gasteiger partial charge in [-0.1, -0.05) is 0 Å². The molecule has 2 aromatic rings. The molecule has 0 aromatic carbocycles. The molecule has 140 valence electrons. The highest BCUT2D eigenvalue weighted by Crippen LogP contribution is 2.58. The number of fused-ring (bicyclic) bond motifs is 1. The first-order valence-corrected chi connectivity index (χ1v) is 8.71. The minimum atomic E-state index is -4.32. The van der Waals surface area contributed by atoms with E-state index in [2.05, 4.69) is 10.1 Å². The second kappa shape index (κ2) is 5.45. The lowest BCUT2D eigenvalue weighted by molar-refractivity contribution is -0.141. The Morgan fingerprint density at radius 2 is 1.85 bits per heavy atom. The van der Waals surface area contributed by atoms with Crippen LogP contribution in [0.5, 0.6) is 0 Å². The van der Waals surface area contributed by atoms with Crippen LogP contribution in [0.2, 0.25) is 5.82 Å². The van der Waals surface area contributed by atoms with Crippen molar-refractivity contribution in [3.8, 4) is 0 Å². The molecule has 0 N–H and O–H groups in total. The maximum absolute atomic E-state index is 12.7. The van der Waals surface area contributed by atoms with Crippen LogP contribution < -0.4 is 0 Å². The second-order valence-electron chi connectivity index (χ2n) is 8.22. The normalized spacial score (nSPS) is 27.3. The Labute approximate surface area is 150 Å². The van der Waals surface area contributed by atoms with Gasteiger partial charge >= 0.3 is 13.3 Å². The summed E-state index contributed by atoms with van der Waals surface area (Å²) < 4.78 is 51.3. The highest BCUT2D eigenvalue weighted by molar-refractivity contribution is 6.49. The third-order valence-electron chi connectivity index (χ3n) is 5.73. The SMILES string of the molecule is CC1(C)OB([C@H]2CC2c2cnc3cnn(CC(F)(F)F)c3c2)OC1(C)C. The molecule has 3 heterocycles. The van der Waals surface area contributed by atoms with Gasteiger partial charge in [-0.25, -0.2) is 0 Å². The van der Waals surface area contributed by atoms with Crippen LogP contribution in [0.3, 0.4) is 0 Å². The van der Waals surface area contributed by atoms with E-state index < -0.39 is 23.9 Å². The number of hydrogen-bond donors (Lipinski definition) is 0. The second-order valence-corrected chi connectivity index (χ2v) is 8.22. The molecular formula is C17H21BF3N3O2. The summed E-state index contributed by atoms with van der Waals surface area (Å²) in [5, 5.41) is 3.82. The first-order valence-electron chi connectivity index (χ1n) is 8.71. The number of hydrogen-bond acceptors (Lipinski definition) is 4. The first-order chi connectivity index (χ1) is 12.0. The van der Waals surface area contributed by atoms with Crippen LogP contribution in [-0.4, -0.2) is 39.3 Å². The maximum Gasteiger partial charge on any atom is 0.461 e. The predicted octanol–water partition coefficient (Wildman–Crippen LogP) is 3.94. The van der Waals surface area contributed by atoms with E-state index in [9.17, 15) is 13.2 Å². The number of halogens is 3. The van der Waals surface area contributed by atoms with Gasteiger partial charge < -0.3 is 9.31 Å². The summed E-state index contributed by atoms with van der Waals surface area (Å²) in [4.78, 5) is 4.28. The molecule has 4 rings (SSSR count). The van der Waals surface area contributed by atoms with E-state index >= 15 is 0 Å². The van der Waals surface area contributed by atoms with Crippen molar-refractivity contribution in [1.82, 2.24) is 14.8 Å². The van der Waals surface area contributed by atoms with Crippen LogP contribution in [-0.2, 0) is 15.9 Å². The zero-order valence-corrected chi connectivity index (χ0v) is 15.2. The van der Waals surface area contributed by atoms with E-state index in [1.165, 1.54) is 6.20 Å². The van der Waals surface area contributed by atoms with E-state index in [0.717, 1.165) is 16.7 Å². The van der Waals surface area contributed by atoms with Crippen molar-refractivity contribution >= 4 is 18.2 Å². The van der Waals surface area contributed by atoms with Crippen LogP contribution in [0.25, 0.3) is 11.0 Å². The molecule has 1 unspecified atom stereocenters. The molecule has 1 aliphatic carbocycles. The molecule has 0 spiro atoms. The average Bonchev–Trinajstić information content (AvgIpc) is 3.16. The van der Waals surface area contributed by atoms with Crippen LogP contribution in [0.15, 0.2) is 18.5 Å². The standard InChI is InChI=1S/C17H21BF3N3O2/c1-15(2)16(3,4)26-18(25-15)12-6-11(12)10-5-14-13(22-7-10)8-23-24(14)9-17(19,20)21/h5,7-8,11-12H,6,9H2,1-4H3/t11?,12-/m0/s1. The van der Waals surface area contributed by atoms with Gasteiger partial charge in [-0.15, -0.1) is 0 Å². The summed E-state index contributed by atoms with van der Waals surface area (Å²) in [5.74, 6) is 0.366. The Balaban J connectivity index is 1.55. The Morgan fingerprint density at radius 1 is 1.19 bits per heavy atom. The van der Waals surface area contributed by atoms with Crippen LogP contribution >= 0.6 is 0 Å². The van der Waals surface area contributed by atoms with Crippen molar-refractivity contribution in [3.63, 3.8) is 0 Å². The quantitative estimate of drug-likeness (QED) is 0.771. The largest absolute Gasteiger partial charge is 0.461 e. The minimum absolute atomic E-state index is 0.177. The van der Waals surface area contributed by atoms with E-state index in [0.29, 0.717) is 11.0 Å². The molecule has 9 heteroatoms. The summed E-state index contributed by atoms with van der Waals surface area (Å²) >= 11 is 0. The van der Waals surface area contributed by atoms with Gasteiger partial charge in [-0.05, 0) is 51.7 Å². The van der Waals surface area contributed by atoms with E-state index in [1.807, 2.05) is 27.7 Å². The van der Waals surface area contributed by atoms with Crippen LogP contribution in [0.1, 0.15) is 45.6 Å². The molecule has 1 aliphatic heterocycles. The molecule has 0 radical (unpaired) electrons. The van der Waals surface area contributed by atoms with Crippen LogP contribution in [0.4, 0.5) is 13.2 Å². The Bertz CT molecular complexity index is 833. The number of rotatable bonds is 3. The summed E-state index contributed by atoms with van der Waals surface area (Å²) in [7, 11) is -0.305. The zero-order valence-electron chi connectivity index (χ0n) is 15.2. The number of alkyl halides is 3. The third kappa shape index (κ3) is 3.01. The molecule has 0 amide bonds. The fourth-order valence-electron chi connectivity index (χ4n) is 3.43.